The summed E-state index contributed by atoms with van der Waals surface area (Å²) in [4.78, 5) is 0.310. The number of halogens is 3. The van der Waals surface area contributed by atoms with Gasteiger partial charge in [0.1, 0.15) is 0 Å². The second kappa shape index (κ2) is 9.58. The fourth-order valence-electron chi connectivity index (χ4n) is 2.95. The molecule has 0 aliphatic heterocycles. The molecule has 0 bridgehead atoms. The highest BCUT2D eigenvalue weighted by Gasteiger charge is 2.26. The summed E-state index contributed by atoms with van der Waals surface area (Å²) in [6, 6.07) is 16.0. The number of anilines is 1. The Hall–Kier alpha value is -2.11. The van der Waals surface area contributed by atoms with Gasteiger partial charge in [-0.1, -0.05) is 67.8 Å². The third-order valence-electron chi connectivity index (χ3n) is 4.68. The zero-order valence-electron chi connectivity index (χ0n) is 17.3. The Morgan fingerprint density at radius 2 is 1.48 bits per heavy atom. The Labute approximate surface area is 202 Å². The second-order valence-corrected chi connectivity index (χ2v) is 9.71. The van der Waals surface area contributed by atoms with E-state index in [0.29, 0.717) is 31.3 Å². The van der Waals surface area contributed by atoms with Crippen LogP contribution in [0.15, 0.2) is 67.0 Å². The molecule has 0 atom stereocenters. The van der Waals surface area contributed by atoms with Crippen LogP contribution in [0.3, 0.4) is 0 Å². The number of thiocarbonyl (C=S) groups is 1. The molecule has 31 heavy (non-hydrogen) atoms. The Morgan fingerprint density at radius 1 is 0.903 bits per heavy atom. The van der Waals surface area contributed by atoms with Crippen LogP contribution in [0.1, 0.15) is 31.9 Å². The van der Waals surface area contributed by atoms with Crippen molar-refractivity contribution in [3.8, 4) is 0 Å². The predicted molar refractivity (Wildman–Crippen MR) is 135 cm³/mol. The molecule has 160 valence electrons. The smallest absolute Gasteiger partial charge is 0.288 e. The number of nitrogens with zero attached hydrogens (tertiary/aromatic N) is 1. The average Bonchev–Trinajstić information content (AvgIpc) is 2.71. The topological polar surface area (TPSA) is 36.1 Å². The third kappa shape index (κ3) is 5.78. The summed E-state index contributed by atoms with van der Waals surface area (Å²) in [7, 11) is 0. The summed E-state index contributed by atoms with van der Waals surface area (Å²) in [6.45, 7) is 6.41. The van der Waals surface area contributed by atoms with Crippen LogP contribution < -0.4 is 9.88 Å². The lowest BCUT2D eigenvalue weighted by molar-refractivity contribution is -0.575. The van der Waals surface area contributed by atoms with Gasteiger partial charge in [-0.15, -0.1) is 0 Å². The van der Waals surface area contributed by atoms with Crippen molar-refractivity contribution in [3.05, 3.63) is 93.2 Å². The van der Waals surface area contributed by atoms with Crippen LogP contribution in [0.25, 0.3) is 11.5 Å². The first-order chi connectivity index (χ1) is 14.6. The highest BCUT2D eigenvalue weighted by Crippen LogP contribution is 2.29. The molecular weight excluding hydrogens is 471 g/mol. The molecule has 3 nitrogen and oxygen atoms in total. The fourth-order valence-corrected chi connectivity index (χ4v) is 3.78. The minimum absolute atomic E-state index is 0.0106. The number of hydrogen-bond acceptors (Lipinski definition) is 2. The van der Waals surface area contributed by atoms with Gasteiger partial charge in [0.25, 0.3) is 5.70 Å². The van der Waals surface area contributed by atoms with Gasteiger partial charge in [-0.05, 0) is 53.4 Å². The minimum atomic E-state index is -0.0903. The molecule has 0 spiro atoms. The molecule has 2 N–H and O–H groups in total. The van der Waals surface area contributed by atoms with Gasteiger partial charge in [-0.2, -0.15) is 4.57 Å². The van der Waals surface area contributed by atoms with E-state index in [0.717, 1.165) is 11.3 Å². The maximum atomic E-state index is 11.2. The van der Waals surface area contributed by atoms with Crippen molar-refractivity contribution < 1.29 is 9.67 Å². The molecule has 3 rings (SSSR count). The van der Waals surface area contributed by atoms with Crippen LogP contribution in [0.4, 0.5) is 5.69 Å². The van der Waals surface area contributed by atoms with E-state index in [9.17, 15) is 5.11 Å². The summed E-state index contributed by atoms with van der Waals surface area (Å²) in [6.07, 6.45) is 3.72. The molecule has 0 unspecified atom stereocenters. The van der Waals surface area contributed by atoms with Gasteiger partial charge >= 0.3 is 0 Å². The van der Waals surface area contributed by atoms with E-state index in [-0.39, 0.29) is 11.2 Å². The van der Waals surface area contributed by atoms with Crippen molar-refractivity contribution in [2.45, 2.75) is 26.2 Å². The Balaban J connectivity index is 2.12. The summed E-state index contributed by atoms with van der Waals surface area (Å²) in [5.41, 5.74) is 2.64. The number of aliphatic hydroxyl groups excluding tert-OH is 1. The normalized spacial score (nSPS) is 12.3. The molecule has 3 aromatic rings. The third-order valence-corrected chi connectivity index (χ3v) is 5.79. The van der Waals surface area contributed by atoms with E-state index < -0.39 is 0 Å². The van der Waals surface area contributed by atoms with Crippen molar-refractivity contribution in [2.24, 2.45) is 0 Å². The van der Waals surface area contributed by atoms with E-state index in [1.54, 1.807) is 34.9 Å². The van der Waals surface area contributed by atoms with E-state index in [1.165, 1.54) is 0 Å². The van der Waals surface area contributed by atoms with Crippen LogP contribution in [-0.4, -0.2) is 10.1 Å². The molecule has 0 amide bonds. The molecule has 0 aliphatic rings. The molecule has 0 fully saturated rings. The minimum Gasteiger partial charge on any atom is -0.502 e. The fraction of sp³-hybridized carbons (Fsp3) is 0.167. The van der Waals surface area contributed by atoms with E-state index in [4.69, 9.17) is 47.0 Å². The molecule has 0 saturated heterocycles. The number of aromatic nitrogens is 1. The second-order valence-electron chi connectivity index (χ2n) is 8.03. The average molecular weight is 493 g/mol. The Bertz CT molecular complexity index is 1130. The van der Waals surface area contributed by atoms with Crippen molar-refractivity contribution >= 4 is 69.2 Å². The molecular formula is C24H22Cl3N2OS+. The van der Waals surface area contributed by atoms with Crippen LogP contribution in [0.5, 0.6) is 0 Å². The quantitative estimate of drug-likeness (QED) is 0.171. The Morgan fingerprint density at radius 3 is 2.06 bits per heavy atom. The van der Waals surface area contributed by atoms with Crippen LogP contribution in [0.2, 0.25) is 15.1 Å². The Kier molecular flexibility index (Phi) is 7.28. The lowest BCUT2D eigenvalue weighted by atomic mass is 9.88. The number of aliphatic hydroxyl groups is 1. The zero-order valence-corrected chi connectivity index (χ0v) is 20.4. The van der Waals surface area contributed by atoms with Crippen molar-refractivity contribution in [2.75, 3.05) is 5.32 Å². The molecule has 1 heterocycles. The highest BCUT2D eigenvalue weighted by atomic mass is 35.5. The van der Waals surface area contributed by atoms with Gasteiger partial charge in [0.05, 0.1) is 5.02 Å². The molecule has 0 saturated carbocycles. The standard InChI is InChI=1S/C24H21Cl3N2OS/c1-24(2,3)15-10-12-29(13-11-15)21(22(30)19-14-17(26)6-9-20(19)27)23(31)28-18-7-4-16(25)5-8-18/h4-14H,1-3H3,(H-,28,30,31)/p+1. The van der Waals surface area contributed by atoms with E-state index in [1.807, 2.05) is 36.7 Å². The first-order valence-electron chi connectivity index (χ1n) is 9.54. The van der Waals surface area contributed by atoms with Crippen molar-refractivity contribution in [1.29, 1.82) is 0 Å². The molecule has 0 radical (unpaired) electrons. The summed E-state index contributed by atoms with van der Waals surface area (Å²) >= 11 is 24.1. The number of rotatable bonds is 4. The van der Waals surface area contributed by atoms with E-state index in [2.05, 4.69) is 26.1 Å². The number of nitrogens with one attached hydrogen (secondary N) is 1. The van der Waals surface area contributed by atoms with Crippen LogP contribution >= 0.6 is 47.0 Å². The zero-order chi connectivity index (χ0) is 22.8. The SMILES string of the molecule is CC(C)(C)c1cc[n+](C(C(=S)Nc2ccc(Cl)cc2)=C(O)c2cc(Cl)ccc2Cl)cc1. The maximum Gasteiger partial charge on any atom is 0.288 e. The summed E-state index contributed by atoms with van der Waals surface area (Å²) in [5.74, 6) is -0.0903. The molecule has 2 aromatic carbocycles. The highest BCUT2D eigenvalue weighted by molar-refractivity contribution is 7.81. The first-order valence-corrected chi connectivity index (χ1v) is 11.1. The van der Waals surface area contributed by atoms with Crippen LogP contribution in [0, 0.1) is 0 Å². The van der Waals surface area contributed by atoms with E-state index >= 15 is 0 Å². The van der Waals surface area contributed by atoms with Gasteiger partial charge in [0.15, 0.2) is 17.4 Å². The van der Waals surface area contributed by atoms with Gasteiger partial charge in [0, 0.05) is 33.4 Å². The molecule has 7 heteroatoms. The summed E-state index contributed by atoms with van der Waals surface area (Å²) < 4.78 is 1.76. The van der Waals surface area contributed by atoms with Gasteiger partial charge in [0.2, 0.25) is 5.76 Å². The molecule has 0 aliphatic carbocycles. The van der Waals surface area contributed by atoms with Gasteiger partial charge < -0.3 is 10.4 Å². The van der Waals surface area contributed by atoms with Crippen molar-refractivity contribution in [1.82, 2.24) is 0 Å². The number of pyridine rings is 1. The largest absolute Gasteiger partial charge is 0.502 e. The predicted octanol–water partition coefficient (Wildman–Crippen LogP) is 7.56. The number of hydrogen-bond donors (Lipinski definition) is 2. The first kappa shape index (κ1) is 23.6. The molecule has 1 aromatic heterocycles. The summed E-state index contributed by atoms with van der Waals surface area (Å²) in [5, 5.41) is 15.8. The monoisotopic (exact) mass is 491 g/mol. The number of benzene rings is 2. The lowest BCUT2D eigenvalue weighted by Gasteiger charge is -2.18. The maximum absolute atomic E-state index is 11.2. The van der Waals surface area contributed by atoms with Gasteiger partial charge in [-0.25, -0.2) is 0 Å². The van der Waals surface area contributed by atoms with Crippen molar-refractivity contribution in [3.63, 3.8) is 0 Å². The van der Waals surface area contributed by atoms with Crippen LogP contribution in [-0.2, 0) is 5.41 Å². The van der Waals surface area contributed by atoms with Gasteiger partial charge in [-0.3, -0.25) is 0 Å². The lowest BCUT2D eigenvalue weighted by Crippen LogP contribution is -2.39.